The topological polar surface area (TPSA) is 105 Å². The van der Waals surface area contributed by atoms with Crippen LogP contribution in [0.4, 0.5) is 5.69 Å². The molecule has 1 fully saturated rings. The molecule has 2 aromatic rings. The molecular formula is C22H27N3O5S. The molecule has 0 spiro atoms. The fraction of sp³-hybridized carbons (Fsp3) is 0.364. The number of piperidine rings is 1. The lowest BCUT2D eigenvalue weighted by Crippen LogP contribution is -2.46. The van der Waals surface area contributed by atoms with Crippen LogP contribution < -0.4 is 14.8 Å². The van der Waals surface area contributed by atoms with Crippen molar-refractivity contribution in [1.29, 1.82) is 0 Å². The van der Waals surface area contributed by atoms with Gasteiger partial charge in [0.2, 0.25) is 15.9 Å². The molecule has 0 bridgehead atoms. The van der Waals surface area contributed by atoms with Crippen LogP contribution in [0.3, 0.4) is 0 Å². The Labute approximate surface area is 182 Å². The lowest BCUT2D eigenvalue weighted by molar-refractivity contribution is -0.114. The zero-order valence-corrected chi connectivity index (χ0v) is 18.4. The van der Waals surface area contributed by atoms with Gasteiger partial charge in [0.05, 0.1) is 11.5 Å². The number of rotatable bonds is 7. The van der Waals surface area contributed by atoms with E-state index in [0.717, 1.165) is 0 Å². The zero-order chi connectivity index (χ0) is 22.4. The number of likely N-dealkylation sites (tertiary alicyclic amines) is 1. The molecule has 0 aliphatic carbocycles. The van der Waals surface area contributed by atoms with Crippen LogP contribution >= 0.6 is 0 Å². The highest BCUT2D eigenvalue weighted by atomic mass is 32.2. The molecule has 2 aromatic carbocycles. The molecule has 1 heterocycles. The quantitative estimate of drug-likeness (QED) is 0.682. The van der Waals surface area contributed by atoms with E-state index in [0.29, 0.717) is 49.5 Å². The van der Waals surface area contributed by atoms with E-state index in [2.05, 4.69) is 10.0 Å². The van der Waals surface area contributed by atoms with Gasteiger partial charge in [0, 0.05) is 37.3 Å². The van der Waals surface area contributed by atoms with Crippen molar-refractivity contribution in [2.45, 2.75) is 37.6 Å². The number of nitrogens with zero attached hydrogens (tertiary/aromatic N) is 1. The Morgan fingerprint density at radius 1 is 1.10 bits per heavy atom. The van der Waals surface area contributed by atoms with Crippen LogP contribution in [-0.4, -0.2) is 50.9 Å². The van der Waals surface area contributed by atoms with Gasteiger partial charge < -0.3 is 15.0 Å². The number of carbonyl (C=O) groups excluding carboxylic acids is 2. The first-order chi connectivity index (χ1) is 14.8. The molecule has 9 heteroatoms. The molecular weight excluding hydrogens is 418 g/mol. The van der Waals surface area contributed by atoms with E-state index in [9.17, 15) is 18.0 Å². The Bertz CT molecular complexity index is 1030. The van der Waals surface area contributed by atoms with E-state index in [4.69, 9.17) is 4.74 Å². The lowest BCUT2D eigenvalue weighted by atomic mass is 10.0. The van der Waals surface area contributed by atoms with Crippen molar-refractivity contribution in [3.63, 3.8) is 0 Å². The summed E-state index contributed by atoms with van der Waals surface area (Å²) >= 11 is 0. The van der Waals surface area contributed by atoms with Crippen LogP contribution in [0.5, 0.6) is 5.75 Å². The standard InChI is InChI=1S/C22H27N3O5S/c1-3-30-20-7-9-21(10-8-20)31(28,29)24-18-11-13-25(14-12-18)22(27)17-5-4-6-19(15-17)23-16(2)26/h4-10,15,18,24H,3,11-14H2,1-2H3,(H,23,26). The maximum atomic E-state index is 12.8. The summed E-state index contributed by atoms with van der Waals surface area (Å²) in [5, 5.41) is 2.67. The third kappa shape index (κ3) is 6.05. The van der Waals surface area contributed by atoms with Crippen molar-refractivity contribution in [1.82, 2.24) is 9.62 Å². The van der Waals surface area contributed by atoms with Crippen LogP contribution in [-0.2, 0) is 14.8 Å². The first kappa shape index (κ1) is 22.8. The highest BCUT2D eigenvalue weighted by Crippen LogP contribution is 2.20. The number of carbonyl (C=O) groups is 2. The van der Waals surface area contributed by atoms with Crippen molar-refractivity contribution < 1.29 is 22.7 Å². The zero-order valence-electron chi connectivity index (χ0n) is 17.6. The van der Waals surface area contributed by atoms with Crippen LogP contribution in [0, 0.1) is 0 Å². The minimum Gasteiger partial charge on any atom is -0.494 e. The number of anilines is 1. The summed E-state index contributed by atoms with van der Waals surface area (Å²) in [6.07, 6.45) is 1.04. The maximum absolute atomic E-state index is 12.8. The summed E-state index contributed by atoms with van der Waals surface area (Å²) in [5.41, 5.74) is 1.05. The predicted molar refractivity (Wildman–Crippen MR) is 118 cm³/mol. The molecule has 2 N–H and O–H groups in total. The smallest absolute Gasteiger partial charge is 0.253 e. The van der Waals surface area contributed by atoms with Gasteiger partial charge in [-0.25, -0.2) is 13.1 Å². The number of sulfonamides is 1. The molecule has 8 nitrogen and oxygen atoms in total. The second kappa shape index (κ2) is 9.93. The normalized spacial score (nSPS) is 14.8. The van der Waals surface area contributed by atoms with Crippen molar-refractivity contribution in [2.24, 2.45) is 0 Å². The summed E-state index contributed by atoms with van der Waals surface area (Å²) < 4.78 is 33.4. The minimum absolute atomic E-state index is 0.139. The molecule has 0 radical (unpaired) electrons. The third-order valence-electron chi connectivity index (χ3n) is 4.98. The Morgan fingerprint density at radius 3 is 2.39 bits per heavy atom. The van der Waals surface area contributed by atoms with Gasteiger partial charge in [-0.05, 0) is 62.2 Å². The van der Waals surface area contributed by atoms with Crippen LogP contribution in [0.1, 0.15) is 37.0 Å². The third-order valence-corrected chi connectivity index (χ3v) is 6.52. The summed E-state index contributed by atoms with van der Waals surface area (Å²) in [5.74, 6) is 0.279. The van der Waals surface area contributed by atoms with Gasteiger partial charge in [-0.2, -0.15) is 0 Å². The minimum atomic E-state index is -3.65. The van der Waals surface area contributed by atoms with E-state index in [1.165, 1.54) is 19.1 Å². The number of ether oxygens (including phenoxy) is 1. The fourth-order valence-corrected chi connectivity index (χ4v) is 4.79. The van der Waals surface area contributed by atoms with Crippen molar-refractivity contribution in [3.05, 3.63) is 54.1 Å². The fourth-order valence-electron chi connectivity index (χ4n) is 3.49. The molecule has 1 saturated heterocycles. The second-order valence-corrected chi connectivity index (χ2v) is 9.07. The molecule has 2 amide bonds. The average molecular weight is 446 g/mol. The van der Waals surface area contributed by atoms with E-state index in [-0.39, 0.29) is 22.8 Å². The highest BCUT2D eigenvalue weighted by molar-refractivity contribution is 7.89. The summed E-state index contributed by atoms with van der Waals surface area (Å²) in [6.45, 7) is 4.68. The molecule has 0 saturated carbocycles. The van der Waals surface area contributed by atoms with Crippen molar-refractivity contribution >= 4 is 27.5 Å². The molecule has 1 aliphatic rings. The molecule has 166 valence electrons. The van der Waals surface area contributed by atoms with Gasteiger partial charge in [-0.3, -0.25) is 9.59 Å². The molecule has 0 atom stereocenters. The first-order valence-corrected chi connectivity index (χ1v) is 11.7. The average Bonchev–Trinajstić information content (AvgIpc) is 2.74. The molecule has 0 aromatic heterocycles. The number of amides is 2. The Morgan fingerprint density at radius 2 is 1.77 bits per heavy atom. The Balaban J connectivity index is 1.57. The van der Waals surface area contributed by atoms with E-state index >= 15 is 0 Å². The predicted octanol–water partition coefficient (Wildman–Crippen LogP) is 2.63. The van der Waals surface area contributed by atoms with Gasteiger partial charge in [0.25, 0.3) is 5.91 Å². The summed E-state index contributed by atoms with van der Waals surface area (Å²) in [7, 11) is -3.65. The Hall–Kier alpha value is -2.91. The molecule has 1 aliphatic heterocycles. The maximum Gasteiger partial charge on any atom is 0.253 e. The number of hydrogen-bond donors (Lipinski definition) is 2. The number of hydrogen-bond acceptors (Lipinski definition) is 5. The van der Waals surface area contributed by atoms with Gasteiger partial charge >= 0.3 is 0 Å². The molecule has 3 rings (SSSR count). The van der Waals surface area contributed by atoms with Gasteiger partial charge in [0.1, 0.15) is 5.75 Å². The van der Waals surface area contributed by atoms with Crippen LogP contribution in [0.2, 0.25) is 0 Å². The van der Waals surface area contributed by atoms with Gasteiger partial charge in [-0.15, -0.1) is 0 Å². The second-order valence-electron chi connectivity index (χ2n) is 7.35. The van der Waals surface area contributed by atoms with Gasteiger partial charge in [-0.1, -0.05) is 6.07 Å². The van der Waals surface area contributed by atoms with Crippen molar-refractivity contribution in [3.8, 4) is 5.75 Å². The molecule has 31 heavy (non-hydrogen) atoms. The number of benzene rings is 2. The van der Waals surface area contributed by atoms with Crippen LogP contribution in [0.25, 0.3) is 0 Å². The monoisotopic (exact) mass is 445 g/mol. The van der Waals surface area contributed by atoms with Gasteiger partial charge in [0.15, 0.2) is 0 Å². The van der Waals surface area contributed by atoms with E-state index in [1.54, 1.807) is 41.3 Å². The van der Waals surface area contributed by atoms with E-state index < -0.39 is 10.0 Å². The number of nitrogens with one attached hydrogen (secondary N) is 2. The van der Waals surface area contributed by atoms with Crippen LogP contribution in [0.15, 0.2) is 53.4 Å². The Kier molecular flexibility index (Phi) is 7.29. The van der Waals surface area contributed by atoms with Crippen molar-refractivity contribution in [2.75, 3.05) is 25.0 Å². The summed E-state index contributed by atoms with van der Waals surface area (Å²) in [6, 6.07) is 12.9. The highest BCUT2D eigenvalue weighted by Gasteiger charge is 2.27. The molecule has 0 unspecified atom stereocenters. The SMILES string of the molecule is CCOc1ccc(S(=O)(=O)NC2CCN(C(=O)c3cccc(NC(C)=O)c3)CC2)cc1. The largest absolute Gasteiger partial charge is 0.494 e. The first-order valence-electron chi connectivity index (χ1n) is 10.2. The summed E-state index contributed by atoms with van der Waals surface area (Å²) in [4.78, 5) is 25.9. The lowest BCUT2D eigenvalue weighted by Gasteiger charge is -2.32. The van der Waals surface area contributed by atoms with E-state index in [1.807, 2.05) is 6.92 Å².